The van der Waals surface area contributed by atoms with Gasteiger partial charge in [0.2, 0.25) is 0 Å². The van der Waals surface area contributed by atoms with Crippen LogP contribution in [0.15, 0.2) is 64.4 Å². The number of morpholine rings is 1. The molecule has 0 radical (unpaired) electrons. The number of carbonyl (C=O) groups excluding carboxylic acids is 2. The molecule has 1 fully saturated rings. The summed E-state index contributed by atoms with van der Waals surface area (Å²) in [4.78, 5) is 32.8. The summed E-state index contributed by atoms with van der Waals surface area (Å²) >= 11 is 3.00. The molecule has 1 atom stereocenters. The quantitative estimate of drug-likeness (QED) is 0.412. The maximum Gasteiger partial charge on any atom is 0.264 e. The summed E-state index contributed by atoms with van der Waals surface area (Å²) in [5.74, 6) is 0.438. The van der Waals surface area contributed by atoms with Crippen LogP contribution in [0.5, 0.6) is 5.75 Å². The van der Waals surface area contributed by atoms with Crippen molar-refractivity contribution in [3.63, 3.8) is 0 Å². The third-order valence-electron chi connectivity index (χ3n) is 6.61. The van der Waals surface area contributed by atoms with Gasteiger partial charge in [0.15, 0.2) is 0 Å². The minimum absolute atomic E-state index is 0.0328. The first-order chi connectivity index (χ1) is 18.1. The van der Waals surface area contributed by atoms with Crippen LogP contribution in [-0.2, 0) is 9.53 Å². The summed E-state index contributed by atoms with van der Waals surface area (Å²) in [5.41, 5.74) is 1.86. The van der Waals surface area contributed by atoms with Crippen LogP contribution in [0.2, 0.25) is 0 Å². The van der Waals surface area contributed by atoms with E-state index in [4.69, 9.17) is 14.6 Å². The summed E-state index contributed by atoms with van der Waals surface area (Å²) in [7, 11) is 1.63. The second-order valence-corrected chi connectivity index (χ2v) is 10.8. The van der Waals surface area contributed by atoms with Gasteiger partial charge in [-0.2, -0.15) is 5.10 Å². The molecule has 2 amide bonds. The second-order valence-electron chi connectivity index (χ2n) is 8.91. The molecule has 1 saturated heterocycles. The minimum atomic E-state index is -0.242. The molecule has 37 heavy (non-hydrogen) atoms. The lowest BCUT2D eigenvalue weighted by atomic mass is 10.0. The van der Waals surface area contributed by atoms with Gasteiger partial charge in [-0.05, 0) is 40.6 Å². The minimum Gasteiger partial charge on any atom is -0.497 e. The van der Waals surface area contributed by atoms with Gasteiger partial charge >= 0.3 is 0 Å². The van der Waals surface area contributed by atoms with Crippen LogP contribution in [0.4, 0.5) is 0 Å². The Morgan fingerprint density at radius 1 is 1.08 bits per heavy atom. The zero-order valence-electron chi connectivity index (χ0n) is 20.7. The van der Waals surface area contributed by atoms with Crippen molar-refractivity contribution in [3.8, 4) is 5.75 Å². The molecule has 4 heterocycles. The lowest BCUT2D eigenvalue weighted by Crippen LogP contribution is -2.46. The van der Waals surface area contributed by atoms with Crippen LogP contribution in [0, 0.1) is 0 Å². The molecule has 0 N–H and O–H groups in total. The molecule has 2 aliphatic rings. The molecule has 5 rings (SSSR count). The summed E-state index contributed by atoms with van der Waals surface area (Å²) in [5, 5.41) is 10.2. The van der Waals surface area contributed by atoms with E-state index in [1.165, 1.54) is 11.3 Å². The Bertz CT molecular complexity index is 1210. The Labute approximate surface area is 224 Å². The Kier molecular flexibility index (Phi) is 8.30. The van der Waals surface area contributed by atoms with Crippen LogP contribution in [0.25, 0.3) is 0 Å². The molecule has 0 spiro atoms. The third-order valence-corrected chi connectivity index (χ3v) is 8.38. The molecular weight excluding hydrogens is 508 g/mol. The van der Waals surface area contributed by atoms with Crippen LogP contribution >= 0.6 is 22.7 Å². The number of hydrogen-bond donors (Lipinski definition) is 0. The molecule has 10 heteroatoms. The average molecular weight is 539 g/mol. The number of ether oxygens (including phenoxy) is 2. The zero-order chi connectivity index (χ0) is 25.6. The van der Waals surface area contributed by atoms with Gasteiger partial charge < -0.3 is 14.4 Å². The topological polar surface area (TPSA) is 74.7 Å². The number of carbonyl (C=O) groups is 2. The van der Waals surface area contributed by atoms with Gasteiger partial charge in [-0.1, -0.05) is 24.3 Å². The van der Waals surface area contributed by atoms with Crippen molar-refractivity contribution in [1.29, 1.82) is 0 Å². The molecule has 3 aromatic rings. The summed E-state index contributed by atoms with van der Waals surface area (Å²) < 4.78 is 10.8. The molecule has 8 nitrogen and oxygen atoms in total. The van der Waals surface area contributed by atoms with Gasteiger partial charge in [-0.3, -0.25) is 14.5 Å². The first kappa shape index (κ1) is 25.6. The lowest BCUT2D eigenvalue weighted by Gasteiger charge is -2.31. The highest BCUT2D eigenvalue weighted by Crippen LogP contribution is 2.34. The van der Waals surface area contributed by atoms with Crippen LogP contribution in [0.1, 0.15) is 32.6 Å². The zero-order valence-corrected chi connectivity index (χ0v) is 22.4. The third kappa shape index (κ3) is 6.10. The normalized spacial score (nSPS) is 18.0. The van der Waals surface area contributed by atoms with E-state index >= 15 is 0 Å². The van der Waals surface area contributed by atoms with Crippen molar-refractivity contribution in [3.05, 3.63) is 74.6 Å². The molecule has 0 bridgehead atoms. The van der Waals surface area contributed by atoms with E-state index in [2.05, 4.69) is 4.90 Å². The summed E-state index contributed by atoms with van der Waals surface area (Å²) in [6.07, 6.45) is 0.616. The fraction of sp³-hybridized carbons (Fsp3) is 0.370. The standard InChI is InChI=1S/C27H30N4O4S2/c1-34-21-8-6-20(7-9-21)23-18-22(24-4-2-16-36-24)28-31(23)26(32)19-30(27(33)25-5-3-17-37-25)11-10-29-12-14-35-15-13-29/h2-9,16-17,23H,10-15,18-19H2,1H3/t23-/m1/s1. The predicted octanol–water partition coefficient (Wildman–Crippen LogP) is 3.97. The van der Waals surface area contributed by atoms with Crippen molar-refractivity contribution < 1.29 is 19.1 Å². The maximum atomic E-state index is 13.8. The smallest absolute Gasteiger partial charge is 0.264 e. The van der Waals surface area contributed by atoms with Gasteiger partial charge in [-0.25, -0.2) is 5.01 Å². The Balaban J connectivity index is 1.37. The van der Waals surface area contributed by atoms with Crippen LogP contribution < -0.4 is 4.74 Å². The predicted molar refractivity (Wildman–Crippen MR) is 146 cm³/mol. The first-order valence-corrected chi connectivity index (χ1v) is 14.1. The Morgan fingerprint density at radius 3 is 2.51 bits per heavy atom. The van der Waals surface area contributed by atoms with E-state index in [0.29, 0.717) is 37.6 Å². The fourth-order valence-corrected chi connectivity index (χ4v) is 5.96. The summed E-state index contributed by atoms with van der Waals surface area (Å²) in [6, 6.07) is 15.2. The monoisotopic (exact) mass is 538 g/mol. The van der Waals surface area contributed by atoms with E-state index in [1.807, 2.05) is 59.3 Å². The largest absolute Gasteiger partial charge is 0.497 e. The van der Waals surface area contributed by atoms with Gasteiger partial charge in [0, 0.05) is 32.6 Å². The van der Waals surface area contributed by atoms with Crippen LogP contribution in [0.3, 0.4) is 0 Å². The molecular formula is C27H30N4O4S2. The number of rotatable bonds is 9. The number of hydrazone groups is 1. The molecule has 194 valence electrons. The molecule has 0 unspecified atom stereocenters. The van der Waals surface area contributed by atoms with Crippen molar-refractivity contribution in [2.24, 2.45) is 5.10 Å². The molecule has 2 aliphatic heterocycles. The Hall–Kier alpha value is -3.05. The number of amides is 2. The van der Waals surface area contributed by atoms with E-state index in [1.54, 1.807) is 28.4 Å². The maximum absolute atomic E-state index is 13.8. The highest BCUT2D eigenvalue weighted by atomic mass is 32.1. The van der Waals surface area contributed by atoms with E-state index in [9.17, 15) is 9.59 Å². The van der Waals surface area contributed by atoms with Crippen molar-refractivity contribution in [1.82, 2.24) is 14.8 Å². The number of thiophene rings is 2. The van der Waals surface area contributed by atoms with E-state index in [0.717, 1.165) is 35.0 Å². The molecule has 2 aromatic heterocycles. The number of benzene rings is 1. The van der Waals surface area contributed by atoms with Crippen LogP contribution in [-0.4, -0.2) is 85.4 Å². The van der Waals surface area contributed by atoms with E-state index in [-0.39, 0.29) is 24.4 Å². The molecule has 1 aromatic carbocycles. The van der Waals surface area contributed by atoms with Gasteiger partial charge in [0.25, 0.3) is 11.8 Å². The highest BCUT2D eigenvalue weighted by molar-refractivity contribution is 7.12. The lowest BCUT2D eigenvalue weighted by molar-refractivity contribution is -0.133. The van der Waals surface area contributed by atoms with Crippen molar-refractivity contribution in [2.45, 2.75) is 12.5 Å². The highest BCUT2D eigenvalue weighted by Gasteiger charge is 2.35. The van der Waals surface area contributed by atoms with Crippen molar-refractivity contribution in [2.75, 3.05) is 53.0 Å². The second kappa shape index (κ2) is 12.0. The molecule has 0 saturated carbocycles. The van der Waals surface area contributed by atoms with Gasteiger partial charge in [-0.15, -0.1) is 22.7 Å². The Morgan fingerprint density at radius 2 is 1.84 bits per heavy atom. The fourth-order valence-electron chi connectivity index (χ4n) is 4.55. The number of methoxy groups -OCH3 is 1. The summed E-state index contributed by atoms with van der Waals surface area (Å²) in [6.45, 7) is 4.16. The first-order valence-electron chi connectivity index (χ1n) is 12.3. The number of hydrogen-bond acceptors (Lipinski definition) is 8. The molecule has 0 aliphatic carbocycles. The van der Waals surface area contributed by atoms with E-state index < -0.39 is 0 Å². The number of nitrogens with zero attached hydrogens (tertiary/aromatic N) is 4. The van der Waals surface area contributed by atoms with Gasteiger partial charge in [0.1, 0.15) is 12.3 Å². The SMILES string of the molecule is COc1ccc([C@H]2CC(c3cccs3)=NN2C(=O)CN(CCN2CCOCC2)C(=O)c2cccs2)cc1. The van der Waals surface area contributed by atoms with Crippen molar-refractivity contribution >= 4 is 40.2 Å². The van der Waals surface area contributed by atoms with Gasteiger partial charge in [0.05, 0.1) is 41.8 Å². The average Bonchev–Trinajstić information content (AvgIpc) is 3.73.